The van der Waals surface area contributed by atoms with Gasteiger partial charge in [0.2, 0.25) is 5.91 Å². The zero-order chi connectivity index (χ0) is 20.2. The van der Waals surface area contributed by atoms with Gasteiger partial charge in [-0.25, -0.2) is 0 Å². The van der Waals surface area contributed by atoms with Crippen molar-refractivity contribution in [1.82, 2.24) is 20.4 Å². The number of nitrogens with zero attached hydrogens (tertiary/aromatic N) is 3. The summed E-state index contributed by atoms with van der Waals surface area (Å²) in [6, 6.07) is 3.90. The van der Waals surface area contributed by atoms with Crippen LogP contribution in [0.15, 0.2) is 27.8 Å². The molecule has 0 bridgehead atoms. The number of aliphatic imine (C=N–C) groups is 1. The standard InChI is InChI=1S/C20H35N5O3.HI/c1-17(2)15-23-20(22-7-6-18-5-4-13-28-18)25-11-9-24(10-12-25)16-19(26)21-8-14-27-3;/h4-5,13,17H,6-12,14-16H2,1-3H3,(H,21,26)(H,22,23);1H. The second kappa shape index (κ2) is 14.6. The molecule has 166 valence electrons. The normalized spacial score (nSPS) is 15.3. The van der Waals surface area contributed by atoms with Crippen LogP contribution in [-0.2, 0) is 16.0 Å². The fourth-order valence-electron chi connectivity index (χ4n) is 2.96. The van der Waals surface area contributed by atoms with Gasteiger partial charge in [0.25, 0.3) is 0 Å². The van der Waals surface area contributed by atoms with Crippen LogP contribution in [0.1, 0.15) is 19.6 Å². The molecule has 0 atom stereocenters. The zero-order valence-electron chi connectivity index (χ0n) is 17.9. The Balaban J connectivity index is 0.00000420. The molecular weight excluding hydrogens is 485 g/mol. The first-order valence-electron chi connectivity index (χ1n) is 10.1. The number of nitrogens with one attached hydrogen (secondary N) is 2. The predicted octanol–water partition coefficient (Wildman–Crippen LogP) is 1.42. The van der Waals surface area contributed by atoms with E-state index in [9.17, 15) is 4.79 Å². The van der Waals surface area contributed by atoms with Crippen molar-refractivity contribution in [3.8, 4) is 0 Å². The van der Waals surface area contributed by atoms with Gasteiger partial charge >= 0.3 is 0 Å². The van der Waals surface area contributed by atoms with Crippen molar-refractivity contribution < 1.29 is 13.9 Å². The lowest BCUT2D eigenvalue weighted by Crippen LogP contribution is -2.54. The molecule has 1 saturated heterocycles. The van der Waals surface area contributed by atoms with E-state index in [1.54, 1.807) is 13.4 Å². The number of methoxy groups -OCH3 is 1. The Hall–Kier alpha value is -1.33. The van der Waals surface area contributed by atoms with E-state index in [2.05, 4.69) is 34.3 Å². The summed E-state index contributed by atoms with van der Waals surface area (Å²) in [6.07, 6.45) is 2.53. The lowest BCUT2D eigenvalue weighted by Gasteiger charge is -2.36. The number of rotatable bonds is 10. The van der Waals surface area contributed by atoms with Gasteiger partial charge in [-0.3, -0.25) is 14.7 Å². The fraction of sp³-hybridized carbons (Fsp3) is 0.700. The highest BCUT2D eigenvalue weighted by Crippen LogP contribution is 2.04. The first-order chi connectivity index (χ1) is 13.6. The molecule has 0 spiro atoms. The van der Waals surface area contributed by atoms with Gasteiger partial charge in [0.1, 0.15) is 5.76 Å². The largest absolute Gasteiger partial charge is 0.469 e. The SMILES string of the molecule is COCCNC(=O)CN1CCN(C(=NCC(C)C)NCCc2ccco2)CC1.I. The second-order valence-corrected chi connectivity index (χ2v) is 7.42. The van der Waals surface area contributed by atoms with Crippen LogP contribution in [0.2, 0.25) is 0 Å². The van der Waals surface area contributed by atoms with Crippen LogP contribution < -0.4 is 10.6 Å². The van der Waals surface area contributed by atoms with E-state index < -0.39 is 0 Å². The number of furan rings is 1. The molecule has 2 N–H and O–H groups in total. The molecule has 9 heteroatoms. The molecule has 0 radical (unpaired) electrons. The summed E-state index contributed by atoms with van der Waals surface area (Å²) in [5, 5.41) is 6.35. The number of ether oxygens (including phenoxy) is 1. The molecule has 0 saturated carbocycles. The van der Waals surface area contributed by atoms with Gasteiger partial charge in [-0.05, 0) is 18.1 Å². The van der Waals surface area contributed by atoms with Crippen molar-refractivity contribution in [1.29, 1.82) is 0 Å². The van der Waals surface area contributed by atoms with E-state index in [0.29, 0.717) is 25.6 Å². The first-order valence-corrected chi connectivity index (χ1v) is 10.1. The molecule has 1 aromatic heterocycles. The molecule has 2 rings (SSSR count). The topological polar surface area (TPSA) is 82.3 Å². The van der Waals surface area contributed by atoms with E-state index in [-0.39, 0.29) is 29.9 Å². The molecule has 29 heavy (non-hydrogen) atoms. The van der Waals surface area contributed by atoms with Gasteiger partial charge in [-0.15, -0.1) is 24.0 Å². The molecule has 1 aliphatic rings. The maximum atomic E-state index is 12.0. The Morgan fingerprint density at radius 2 is 2.00 bits per heavy atom. The number of carbonyl (C=O) groups excluding carboxylic acids is 1. The van der Waals surface area contributed by atoms with E-state index in [1.165, 1.54) is 0 Å². The van der Waals surface area contributed by atoms with Crippen molar-refractivity contribution in [2.75, 3.05) is 66.1 Å². The first kappa shape index (κ1) is 25.7. The monoisotopic (exact) mass is 521 g/mol. The van der Waals surface area contributed by atoms with Gasteiger partial charge in [-0.2, -0.15) is 0 Å². The van der Waals surface area contributed by atoms with Crippen molar-refractivity contribution in [2.45, 2.75) is 20.3 Å². The third-order valence-corrected chi connectivity index (χ3v) is 4.51. The fourth-order valence-corrected chi connectivity index (χ4v) is 2.96. The Kier molecular flexibility index (Phi) is 13.0. The maximum Gasteiger partial charge on any atom is 0.234 e. The van der Waals surface area contributed by atoms with Crippen LogP contribution in [0.5, 0.6) is 0 Å². The van der Waals surface area contributed by atoms with Crippen LogP contribution in [0.4, 0.5) is 0 Å². The highest BCUT2D eigenvalue weighted by molar-refractivity contribution is 14.0. The van der Waals surface area contributed by atoms with Gasteiger partial charge < -0.3 is 24.7 Å². The van der Waals surface area contributed by atoms with E-state index in [0.717, 1.165) is 57.4 Å². The molecule has 0 aliphatic carbocycles. The molecule has 1 fully saturated rings. The van der Waals surface area contributed by atoms with E-state index >= 15 is 0 Å². The number of piperazine rings is 1. The zero-order valence-corrected chi connectivity index (χ0v) is 20.2. The third-order valence-electron chi connectivity index (χ3n) is 4.51. The molecule has 0 aromatic carbocycles. The van der Waals surface area contributed by atoms with Crippen LogP contribution in [-0.4, -0.2) is 87.7 Å². The summed E-state index contributed by atoms with van der Waals surface area (Å²) in [4.78, 5) is 21.2. The van der Waals surface area contributed by atoms with Gasteiger partial charge in [0.05, 0.1) is 19.4 Å². The summed E-state index contributed by atoms with van der Waals surface area (Å²) >= 11 is 0. The Morgan fingerprint density at radius 3 is 2.62 bits per heavy atom. The number of hydrogen-bond acceptors (Lipinski definition) is 5. The third kappa shape index (κ3) is 10.3. The molecule has 1 amide bonds. The lowest BCUT2D eigenvalue weighted by atomic mass is 10.2. The quantitative estimate of drug-likeness (QED) is 0.210. The number of amides is 1. The number of halogens is 1. The minimum atomic E-state index is 0. The van der Waals surface area contributed by atoms with Crippen molar-refractivity contribution in [3.63, 3.8) is 0 Å². The van der Waals surface area contributed by atoms with Crippen molar-refractivity contribution in [3.05, 3.63) is 24.2 Å². The number of carbonyl (C=O) groups is 1. The summed E-state index contributed by atoms with van der Waals surface area (Å²) < 4.78 is 10.4. The highest BCUT2D eigenvalue weighted by Gasteiger charge is 2.21. The molecule has 0 unspecified atom stereocenters. The lowest BCUT2D eigenvalue weighted by molar-refractivity contribution is -0.122. The summed E-state index contributed by atoms with van der Waals surface area (Å²) in [5.74, 6) is 2.49. The summed E-state index contributed by atoms with van der Waals surface area (Å²) in [7, 11) is 1.63. The summed E-state index contributed by atoms with van der Waals surface area (Å²) in [5.41, 5.74) is 0. The smallest absolute Gasteiger partial charge is 0.234 e. The second-order valence-electron chi connectivity index (χ2n) is 7.42. The molecule has 1 aromatic rings. The van der Waals surface area contributed by atoms with Gasteiger partial charge in [-0.1, -0.05) is 13.8 Å². The number of hydrogen-bond donors (Lipinski definition) is 2. The van der Waals surface area contributed by atoms with Crippen LogP contribution in [0.25, 0.3) is 0 Å². The Labute approximate surface area is 191 Å². The Bertz CT molecular complexity index is 587. The highest BCUT2D eigenvalue weighted by atomic mass is 127. The van der Waals surface area contributed by atoms with Crippen molar-refractivity contribution >= 4 is 35.8 Å². The van der Waals surface area contributed by atoms with Crippen LogP contribution in [0.3, 0.4) is 0 Å². The average Bonchev–Trinajstić information content (AvgIpc) is 3.19. The molecule has 8 nitrogen and oxygen atoms in total. The van der Waals surface area contributed by atoms with Crippen LogP contribution >= 0.6 is 24.0 Å². The van der Waals surface area contributed by atoms with Gasteiger partial charge in [0, 0.05) is 59.3 Å². The molecule has 2 heterocycles. The minimum Gasteiger partial charge on any atom is -0.469 e. The number of guanidine groups is 1. The van der Waals surface area contributed by atoms with E-state index in [4.69, 9.17) is 14.1 Å². The van der Waals surface area contributed by atoms with Gasteiger partial charge in [0.15, 0.2) is 5.96 Å². The van der Waals surface area contributed by atoms with Crippen molar-refractivity contribution in [2.24, 2.45) is 10.9 Å². The Morgan fingerprint density at radius 1 is 1.24 bits per heavy atom. The molecular formula is C20H36IN5O3. The molecule has 1 aliphatic heterocycles. The maximum absolute atomic E-state index is 12.0. The van der Waals surface area contributed by atoms with Crippen LogP contribution in [0, 0.1) is 5.92 Å². The predicted molar refractivity (Wildman–Crippen MR) is 126 cm³/mol. The average molecular weight is 521 g/mol. The minimum absolute atomic E-state index is 0. The summed E-state index contributed by atoms with van der Waals surface area (Å²) in [6.45, 7) is 10.9. The van der Waals surface area contributed by atoms with E-state index in [1.807, 2.05) is 12.1 Å².